The molecule has 0 spiro atoms. The Bertz CT molecular complexity index is 829. The highest BCUT2D eigenvalue weighted by molar-refractivity contribution is 5.67. The van der Waals surface area contributed by atoms with Gasteiger partial charge in [0.15, 0.2) is 5.82 Å². The summed E-state index contributed by atoms with van der Waals surface area (Å²) in [5.74, 6) is 0.101. The molecule has 0 aliphatic heterocycles. The molecule has 122 valence electrons. The van der Waals surface area contributed by atoms with Crippen LogP contribution in [0.15, 0.2) is 48.5 Å². The van der Waals surface area contributed by atoms with Gasteiger partial charge in [-0.25, -0.2) is 4.68 Å². The normalized spacial score (nSPS) is 10.5. The number of rotatable bonds is 6. The standard InChI is InChI=1S/C17H16N4O3/c1-24-16-9-8-15(18-19-16)21-14(12-5-3-2-4-6-12)11-13(20-21)7-10-17(22)23/h2-6,8-9,11H,7,10H2,1H3,(H,22,23). The van der Waals surface area contributed by atoms with E-state index in [1.165, 1.54) is 7.11 Å². The summed E-state index contributed by atoms with van der Waals surface area (Å²) >= 11 is 0. The van der Waals surface area contributed by atoms with Gasteiger partial charge in [-0.2, -0.15) is 5.10 Å². The van der Waals surface area contributed by atoms with Gasteiger partial charge >= 0.3 is 5.97 Å². The maximum absolute atomic E-state index is 10.8. The molecule has 0 saturated heterocycles. The topological polar surface area (TPSA) is 90.1 Å². The molecule has 0 radical (unpaired) electrons. The lowest BCUT2D eigenvalue weighted by Crippen LogP contribution is -2.04. The number of ether oxygens (including phenoxy) is 1. The van der Waals surface area contributed by atoms with Gasteiger partial charge in [0.05, 0.1) is 24.9 Å². The Kier molecular flexibility index (Phi) is 4.51. The highest BCUT2D eigenvalue weighted by atomic mass is 16.5. The number of aryl methyl sites for hydroxylation is 1. The predicted octanol–water partition coefficient (Wildman–Crippen LogP) is 2.36. The van der Waals surface area contributed by atoms with Crippen LogP contribution in [-0.4, -0.2) is 38.2 Å². The summed E-state index contributed by atoms with van der Waals surface area (Å²) in [6.45, 7) is 0. The second-order valence-electron chi connectivity index (χ2n) is 5.13. The molecule has 0 aliphatic carbocycles. The van der Waals surface area contributed by atoms with Gasteiger partial charge in [-0.05, 0) is 12.1 Å². The third-order valence-electron chi connectivity index (χ3n) is 3.48. The minimum atomic E-state index is -0.852. The van der Waals surface area contributed by atoms with Gasteiger partial charge in [-0.1, -0.05) is 30.3 Å². The van der Waals surface area contributed by atoms with Crippen molar-refractivity contribution in [1.29, 1.82) is 0 Å². The summed E-state index contributed by atoms with van der Waals surface area (Å²) < 4.78 is 6.69. The molecule has 0 saturated carbocycles. The molecule has 0 unspecified atom stereocenters. The van der Waals surface area contributed by atoms with E-state index in [0.29, 0.717) is 23.8 Å². The molecule has 0 amide bonds. The fourth-order valence-corrected chi connectivity index (χ4v) is 2.31. The van der Waals surface area contributed by atoms with Crippen LogP contribution in [0.1, 0.15) is 12.1 Å². The van der Waals surface area contributed by atoms with Crippen molar-refractivity contribution in [2.75, 3.05) is 7.11 Å². The molecule has 2 aromatic heterocycles. The van der Waals surface area contributed by atoms with Crippen molar-refractivity contribution >= 4 is 5.97 Å². The summed E-state index contributed by atoms with van der Waals surface area (Å²) in [4.78, 5) is 10.8. The van der Waals surface area contributed by atoms with Gasteiger partial charge in [0, 0.05) is 18.1 Å². The van der Waals surface area contributed by atoms with Crippen molar-refractivity contribution in [3.05, 3.63) is 54.2 Å². The molecule has 0 atom stereocenters. The van der Waals surface area contributed by atoms with Gasteiger partial charge in [0.2, 0.25) is 5.88 Å². The molecule has 3 rings (SSSR count). The summed E-state index contributed by atoms with van der Waals surface area (Å²) in [6.07, 6.45) is 0.380. The van der Waals surface area contributed by atoms with Crippen molar-refractivity contribution in [1.82, 2.24) is 20.0 Å². The average molecular weight is 324 g/mol. The van der Waals surface area contributed by atoms with E-state index < -0.39 is 5.97 Å². The SMILES string of the molecule is COc1ccc(-n2nc(CCC(=O)O)cc2-c2ccccc2)nn1. The fraction of sp³-hybridized carbons (Fsp3) is 0.176. The first-order valence-corrected chi connectivity index (χ1v) is 7.41. The number of hydrogen-bond donors (Lipinski definition) is 1. The lowest BCUT2D eigenvalue weighted by molar-refractivity contribution is -0.136. The zero-order valence-electron chi connectivity index (χ0n) is 13.1. The Hall–Kier alpha value is -3.22. The number of hydrogen-bond acceptors (Lipinski definition) is 5. The molecule has 7 nitrogen and oxygen atoms in total. The molecule has 7 heteroatoms. The lowest BCUT2D eigenvalue weighted by atomic mass is 10.1. The van der Waals surface area contributed by atoms with Crippen LogP contribution >= 0.6 is 0 Å². The third kappa shape index (κ3) is 3.40. The van der Waals surface area contributed by atoms with E-state index in [-0.39, 0.29) is 6.42 Å². The fourth-order valence-electron chi connectivity index (χ4n) is 2.31. The van der Waals surface area contributed by atoms with E-state index in [4.69, 9.17) is 9.84 Å². The van der Waals surface area contributed by atoms with Crippen molar-refractivity contribution < 1.29 is 14.6 Å². The maximum Gasteiger partial charge on any atom is 0.303 e. The van der Waals surface area contributed by atoms with E-state index in [2.05, 4.69) is 15.3 Å². The number of aromatic nitrogens is 4. The average Bonchev–Trinajstić information content (AvgIpc) is 3.05. The van der Waals surface area contributed by atoms with Crippen molar-refractivity contribution in [3.63, 3.8) is 0 Å². The van der Waals surface area contributed by atoms with Gasteiger partial charge < -0.3 is 9.84 Å². The Labute approximate surface area is 138 Å². The minimum Gasteiger partial charge on any atom is -0.481 e. The molecule has 0 aliphatic rings. The molecule has 2 heterocycles. The van der Waals surface area contributed by atoms with Crippen LogP contribution in [0.2, 0.25) is 0 Å². The Morgan fingerprint density at radius 3 is 2.58 bits per heavy atom. The van der Waals surface area contributed by atoms with Crippen LogP contribution in [0.3, 0.4) is 0 Å². The first-order chi connectivity index (χ1) is 11.7. The van der Waals surface area contributed by atoms with Crippen molar-refractivity contribution in [3.8, 4) is 23.0 Å². The van der Waals surface area contributed by atoms with Gasteiger partial charge in [-0.15, -0.1) is 10.2 Å². The molecule has 0 fully saturated rings. The zero-order valence-corrected chi connectivity index (χ0v) is 13.1. The Balaban J connectivity index is 2.03. The van der Waals surface area contributed by atoms with Crippen LogP contribution < -0.4 is 4.74 Å². The largest absolute Gasteiger partial charge is 0.481 e. The smallest absolute Gasteiger partial charge is 0.303 e. The van der Waals surface area contributed by atoms with Crippen LogP contribution in [0.25, 0.3) is 17.1 Å². The minimum absolute atomic E-state index is 0.0273. The quantitative estimate of drug-likeness (QED) is 0.748. The number of methoxy groups -OCH3 is 1. The van der Waals surface area contributed by atoms with Crippen LogP contribution in [-0.2, 0) is 11.2 Å². The number of aliphatic carboxylic acids is 1. The second-order valence-corrected chi connectivity index (χ2v) is 5.13. The van der Waals surface area contributed by atoms with E-state index >= 15 is 0 Å². The molecule has 1 N–H and O–H groups in total. The van der Waals surface area contributed by atoms with E-state index in [1.54, 1.807) is 16.8 Å². The monoisotopic (exact) mass is 324 g/mol. The number of carbonyl (C=O) groups is 1. The number of nitrogens with zero attached hydrogens (tertiary/aromatic N) is 4. The number of carboxylic acid groups (broad SMARTS) is 1. The Morgan fingerprint density at radius 2 is 1.96 bits per heavy atom. The third-order valence-corrected chi connectivity index (χ3v) is 3.48. The van der Waals surface area contributed by atoms with E-state index in [1.807, 2.05) is 36.4 Å². The molecule has 24 heavy (non-hydrogen) atoms. The summed E-state index contributed by atoms with van der Waals surface area (Å²) in [5, 5.41) is 21.5. The molecule has 1 aromatic carbocycles. The van der Waals surface area contributed by atoms with Gasteiger partial charge in [0.1, 0.15) is 0 Å². The Morgan fingerprint density at radius 1 is 1.17 bits per heavy atom. The second kappa shape index (κ2) is 6.91. The molecular formula is C17H16N4O3. The highest BCUT2D eigenvalue weighted by Gasteiger charge is 2.14. The van der Waals surface area contributed by atoms with E-state index in [9.17, 15) is 4.79 Å². The number of benzene rings is 1. The van der Waals surface area contributed by atoms with Crippen LogP contribution in [0, 0.1) is 0 Å². The van der Waals surface area contributed by atoms with Crippen molar-refractivity contribution in [2.24, 2.45) is 0 Å². The molecular weight excluding hydrogens is 308 g/mol. The number of carboxylic acids is 1. The van der Waals surface area contributed by atoms with Crippen LogP contribution in [0.5, 0.6) is 5.88 Å². The summed E-state index contributed by atoms with van der Waals surface area (Å²) in [6, 6.07) is 15.1. The highest BCUT2D eigenvalue weighted by Crippen LogP contribution is 2.24. The zero-order chi connectivity index (χ0) is 16.9. The van der Waals surface area contributed by atoms with E-state index in [0.717, 1.165) is 11.3 Å². The molecule has 0 bridgehead atoms. The first-order valence-electron chi connectivity index (χ1n) is 7.41. The first kappa shape index (κ1) is 15.7. The predicted molar refractivity (Wildman–Crippen MR) is 87.1 cm³/mol. The van der Waals surface area contributed by atoms with Crippen molar-refractivity contribution in [2.45, 2.75) is 12.8 Å². The van der Waals surface area contributed by atoms with Gasteiger partial charge in [-0.3, -0.25) is 4.79 Å². The van der Waals surface area contributed by atoms with Gasteiger partial charge in [0.25, 0.3) is 0 Å². The summed E-state index contributed by atoms with van der Waals surface area (Å²) in [7, 11) is 1.52. The molecule has 3 aromatic rings. The summed E-state index contributed by atoms with van der Waals surface area (Å²) in [5.41, 5.74) is 2.48. The lowest BCUT2D eigenvalue weighted by Gasteiger charge is -2.06. The van der Waals surface area contributed by atoms with Crippen LogP contribution in [0.4, 0.5) is 0 Å². The maximum atomic E-state index is 10.8.